The van der Waals surface area contributed by atoms with Crippen molar-refractivity contribution in [3.63, 3.8) is 0 Å². The molecule has 1 aromatic rings. The quantitative estimate of drug-likeness (QED) is 0.779. The molecule has 0 aromatic heterocycles. The van der Waals surface area contributed by atoms with E-state index in [1.807, 2.05) is 6.92 Å². The Bertz CT molecular complexity index is 375. The lowest BCUT2D eigenvalue weighted by atomic mass is 9.89. The molecule has 100 valence electrons. The van der Waals surface area contributed by atoms with Crippen LogP contribution in [0.3, 0.4) is 0 Å². The summed E-state index contributed by atoms with van der Waals surface area (Å²) in [5, 5.41) is 3.52. The molecule has 2 nitrogen and oxygen atoms in total. The standard InChI is InChI=1S/C16H25NO/c1-3-18-11-10-17-13(2)15-9-8-14-6-4-5-7-16(14)12-15/h8-9,12-13,17H,3-7,10-11H2,1-2H3. The average Bonchev–Trinajstić information content (AvgIpc) is 2.43. The van der Waals surface area contributed by atoms with E-state index < -0.39 is 0 Å². The van der Waals surface area contributed by atoms with Crippen LogP contribution in [0.2, 0.25) is 0 Å². The Kier molecular flexibility index (Phi) is 5.21. The summed E-state index contributed by atoms with van der Waals surface area (Å²) >= 11 is 0. The first-order valence-electron chi connectivity index (χ1n) is 7.24. The van der Waals surface area contributed by atoms with Crippen LogP contribution < -0.4 is 5.32 Å². The third-order valence-corrected chi connectivity index (χ3v) is 3.77. The number of hydrogen-bond acceptors (Lipinski definition) is 2. The van der Waals surface area contributed by atoms with Crippen molar-refractivity contribution in [1.82, 2.24) is 5.32 Å². The molecule has 18 heavy (non-hydrogen) atoms. The minimum absolute atomic E-state index is 0.415. The molecule has 0 bridgehead atoms. The van der Waals surface area contributed by atoms with Gasteiger partial charge in [0.05, 0.1) is 6.61 Å². The van der Waals surface area contributed by atoms with Gasteiger partial charge in [0.2, 0.25) is 0 Å². The number of benzene rings is 1. The summed E-state index contributed by atoms with van der Waals surface area (Å²) in [7, 11) is 0. The van der Waals surface area contributed by atoms with Gasteiger partial charge in [0, 0.05) is 19.2 Å². The Morgan fingerprint density at radius 1 is 1.22 bits per heavy atom. The minimum atomic E-state index is 0.415. The molecule has 0 heterocycles. The molecule has 1 atom stereocenters. The topological polar surface area (TPSA) is 21.3 Å². The smallest absolute Gasteiger partial charge is 0.0590 e. The normalized spacial score (nSPS) is 16.3. The zero-order valence-corrected chi connectivity index (χ0v) is 11.7. The maximum atomic E-state index is 5.35. The number of fused-ring (bicyclic) bond motifs is 1. The van der Waals surface area contributed by atoms with Gasteiger partial charge in [-0.1, -0.05) is 18.2 Å². The average molecular weight is 247 g/mol. The lowest BCUT2D eigenvalue weighted by Crippen LogP contribution is -2.23. The van der Waals surface area contributed by atoms with E-state index >= 15 is 0 Å². The minimum Gasteiger partial charge on any atom is -0.380 e. The maximum absolute atomic E-state index is 5.35. The molecule has 1 aliphatic rings. The van der Waals surface area contributed by atoms with Gasteiger partial charge < -0.3 is 10.1 Å². The summed E-state index contributed by atoms with van der Waals surface area (Å²) in [6.07, 6.45) is 5.23. The lowest BCUT2D eigenvalue weighted by Gasteiger charge is -2.20. The van der Waals surface area contributed by atoms with Crippen LogP contribution in [0, 0.1) is 0 Å². The van der Waals surface area contributed by atoms with Crippen molar-refractivity contribution < 1.29 is 4.74 Å². The summed E-state index contributed by atoms with van der Waals surface area (Å²) in [5.74, 6) is 0. The molecule has 0 amide bonds. The summed E-state index contributed by atoms with van der Waals surface area (Å²) in [4.78, 5) is 0. The third kappa shape index (κ3) is 3.56. The molecule has 1 aromatic carbocycles. The van der Waals surface area contributed by atoms with E-state index in [2.05, 4.69) is 30.4 Å². The molecule has 0 radical (unpaired) electrons. The molecular weight excluding hydrogens is 222 g/mol. The predicted molar refractivity (Wildman–Crippen MR) is 76.0 cm³/mol. The van der Waals surface area contributed by atoms with Gasteiger partial charge >= 0.3 is 0 Å². The van der Waals surface area contributed by atoms with E-state index in [1.165, 1.54) is 31.2 Å². The zero-order chi connectivity index (χ0) is 12.8. The van der Waals surface area contributed by atoms with Crippen molar-refractivity contribution >= 4 is 0 Å². The zero-order valence-electron chi connectivity index (χ0n) is 11.7. The van der Waals surface area contributed by atoms with Gasteiger partial charge in [-0.3, -0.25) is 0 Å². The van der Waals surface area contributed by atoms with Gasteiger partial charge in [-0.05, 0) is 56.2 Å². The largest absolute Gasteiger partial charge is 0.380 e. The van der Waals surface area contributed by atoms with Crippen LogP contribution in [-0.4, -0.2) is 19.8 Å². The monoisotopic (exact) mass is 247 g/mol. The van der Waals surface area contributed by atoms with Crippen LogP contribution in [0.1, 0.15) is 49.4 Å². The first-order chi connectivity index (χ1) is 8.81. The van der Waals surface area contributed by atoms with Crippen LogP contribution in [0.4, 0.5) is 0 Å². The SMILES string of the molecule is CCOCCNC(C)c1ccc2c(c1)CCCC2. The van der Waals surface area contributed by atoms with Gasteiger partial charge in [-0.15, -0.1) is 0 Å². The van der Waals surface area contributed by atoms with Crippen LogP contribution in [0.25, 0.3) is 0 Å². The second-order valence-electron chi connectivity index (χ2n) is 5.11. The van der Waals surface area contributed by atoms with Crippen LogP contribution in [-0.2, 0) is 17.6 Å². The molecule has 0 aliphatic heterocycles. The molecule has 0 saturated heterocycles. The molecule has 2 rings (SSSR count). The number of aryl methyl sites for hydroxylation is 2. The Hall–Kier alpha value is -0.860. The molecule has 1 unspecified atom stereocenters. The Balaban J connectivity index is 1.91. The van der Waals surface area contributed by atoms with Gasteiger partial charge in [0.15, 0.2) is 0 Å². The second kappa shape index (κ2) is 6.91. The summed E-state index contributed by atoms with van der Waals surface area (Å²) in [6.45, 7) is 6.79. The van der Waals surface area contributed by atoms with Gasteiger partial charge in [-0.2, -0.15) is 0 Å². The van der Waals surface area contributed by atoms with Crippen LogP contribution >= 0.6 is 0 Å². The fourth-order valence-corrected chi connectivity index (χ4v) is 2.63. The van der Waals surface area contributed by atoms with Crippen LogP contribution in [0.5, 0.6) is 0 Å². The molecule has 1 N–H and O–H groups in total. The molecule has 0 fully saturated rings. The van der Waals surface area contributed by atoms with Crippen molar-refractivity contribution in [3.8, 4) is 0 Å². The molecule has 2 heteroatoms. The first-order valence-corrected chi connectivity index (χ1v) is 7.24. The van der Waals surface area contributed by atoms with E-state index in [0.717, 1.165) is 19.8 Å². The van der Waals surface area contributed by atoms with Crippen molar-refractivity contribution in [2.75, 3.05) is 19.8 Å². The Morgan fingerprint density at radius 3 is 2.78 bits per heavy atom. The van der Waals surface area contributed by atoms with Crippen molar-refractivity contribution in [3.05, 3.63) is 34.9 Å². The van der Waals surface area contributed by atoms with E-state index in [-0.39, 0.29) is 0 Å². The van der Waals surface area contributed by atoms with E-state index in [1.54, 1.807) is 11.1 Å². The molecule has 0 saturated carbocycles. The highest BCUT2D eigenvalue weighted by molar-refractivity contribution is 5.35. The first kappa shape index (κ1) is 13.6. The number of ether oxygens (including phenoxy) is 1. The highest BCUT2D eigenvalue weighted by Crippen LogP contribution is 2.24. The number of nitrogens with one attached hydrogen (secondary N) is 1. The fraction of sp³-hybridized carbons (Fsp3) is 0.625. The van der Waals surface area contributed by atoms with E-state index in [0.29, 0.717) is 6.04 Å². The highest BCUT2D eigenvalue weighted by atomic mass is 16.5. The Labute approximate surface area is 111 Å². The van der Waals surface area contributed by atoms with Gasteiger partial charge in [0.25, 0.3) is 0 Å². The number of hydrogen-bond donors (Lipinski definition) is 1. The van der Waals surface area contributed by atoms with Gasteiger partial charge in [0.1, 0.15) is 0 Å². The molecular formula is C16H25NO. The van der Waals surface area contributed by atoms with Crippen LogP contribution in [0.15, 0.2) is 18.2 Å². The lowest BCUT2D eigenvalue weighted by molar-refractivity contribution is 0.147. The van der Waals surface area contributed by atoms with E-state index in [9.17, 15) is 0 Å². The maximum Gasteiger partial charge on any atom is 0.0590 e. The van der Waals surface area contributed by atoms with E-state index in [4.69, 9.17) is 4.74 Å². The third-order valence-electron chi connectivity index (χ3n) is 3.77. The summed E-state index contributed by atoms with van der Waals surface area (Å²) in [5.41, 5.74) is 4.54. The number of rotatable bonds is 6. The highest BCUT2D eigenvalue weighted by Gasteiger charge is 2.11. The predicted octanol–water partition coefficient (Wildman–Crippen LogP) is 3.25. The fourth-order valence-electron chi connectivity index (χ4n) is 2.63. The second-order valence-corrected chi connectivity index (χ2v) is 5.11. The summed E-state index contributed by atoms with van der Waals surface area (Å²) in [6, 6.07) is 7.41. The van der Waals surface area contributed by atoms with Crippen molar-refractivity contribution in [1.29, 1.82) is 0 Å². The Morgan fingerprint density at radius 2 is 2.00 bits per heavy atom. The van der Waals surface area contributed by atoms with Crippen molar-refractivity contribution in [2.24, 2.45) is 0 Å². The molecule has 1 aliphatic carbocycles. The summed E-state index contributed by atoms with van der Waals surface area (Å²) < 4.78 is 5.35. The van der Waals surface area contributed by atoms with Gasteiger partial charge in [-0.25, -0.2) is 0 Å². The van der Waals surface area contributed by atoms with Crippen molar-refractivity contribution in [2.45, 2.75) is 45.6 Å². The molecule has 0 spiro atoms.